The van der Waals surface area contributed by atoms with Crippen LogP contribution in [0.5, 0.6) is 5.75 Å². The molecule has 1 fully saturated rings. The van der Waals surface area contributed by atoms with Gasteiger partial charge in [-0.3, -0.25) is 4.79 Å². The molecule has 2 rings (SSSR count). The van der Waals surface area contributed by atoms with Gasteiger partial charge >= 0.3 is 0 Å². The number of hydrogen-bond donors (Lipinski definition) is 2. The number of anilines is 1. The van der Waals surface area contributed by atoms with Gasteiger partial charge in [0, 0.05) is 6.54 Å². The van der Waals surface area contributed by atoms with Crippen LogP contribution in [0.1, 0.15) is 0 Å². The summed E-state index contributed by atoms with van der Waals surface area (Å²) in [7, 11) is 1.57. The fourth-order valence-electron chi connectivity index (χ4n) is 1.69. The number of carbonyl (C=O) groups is 1. The molecule has 1 saturated heterocycles. The summed E-state index contributed by atoms with van der Waals surface area (Å²) >= 11 is 0. The maximum absolute atomic E-state index is 12.1. The van der Waals surface area contributed by atoms with Crippen LogP contribution >= 0.6 is 0 Å². The molecule has 0 atom stereocenters. The van der Waals surface area contributed by atoms with Crippen molar-refractivity contribution in [2.45, 2.75) is 0 Å². The molecule has 1 aromatic carbocycles. The number of amides is 1. The third-order valence-electron chi connectivity index (χ3n) is 2.98. The Balaban J connectivity index is 2.12. The van der Waals surface area contributed by atoms with Gasteiger partial charge in [0.15, 0.2) is 0 Å². The Hall–Kier alpha value is -1.59. The van der Waals surface area contributed by atoms with Crippen molar-refractivity contribution in [3.63, 3.8) is 0 Å². The van der Waals surface area contributed by atoms with Crippen molar-refractivity contribution in [2.24, 2.45) is 11.1 Å². The van der Waals surface area contributed by atoms with Crippen molar-refractivity contribution in [3.8, 4) is 5.75 Å². The van der Waals surface area contributed by atoms with Crippen LogP contribution in [0.4, 0.5) is 5.69 Å². The highest BCUT2D eigenvalue weighted by molar-refractivity contribution is 5.97. The van der Waals surface area contributed by atoms with Gasteiger partial charge in [-0.05, 0) is 12.1 Å². The summed E-state index contributed by atoms with van der Waals surface area (Å²) in [5, 5.41) is 2.83. The van der Waals surface area contributed by atoms with Crippen LogP contribution in [0, 0.1) is 5.41 Å². The molecule has 92 valence electrons. The maximum Gasteiger partial charge on any atom is 0.236 e. The van der Waals surface area contributed by atoms with Crippen LogP contribution in [0.25, 0.3) is 0 Å². The highest BCUT2D eigenvalue weighted by Gasteiger charge is 2.44. The predicted octanol–water partition coefficient (Wildman–Crippen LogP) is 0.609. The largest absolute Gasteiger partial charge is 0.495 e. The first-order chi connectivity index (χ1) is 8.22. The molecule has 0 saturated carbocycles. The molecule has 1 amide bonds. The Morgan fingerprint density at radius 2 is 2.24 bits per heavy atom. The Bertz CT molecular complexity index is 410. The van der Waals surface area contributed by atoms with Gasteiger partial charge in [0.25, 0.3) is 0 Å². The zero-order chi connectivity index (χ0) is 12.3. The molecule has 1 heterocycles. The summed E-state index contributed by atoms with van der Waals surface area (Å²) in [6.07, 6.45) is 0. The van der Waals surface area contributed by atoms with Crippen LogP contribution in [-0.2, 0) is 9.53 Å². The second-order valence-electron chi connectivity index (χ2n) is 4.13. The minimum Gasteiger partial charge on any atom is -0.495 e. The van der Waals surface area contributed by atoms with Crippen molar-refractivity contribution in [3.05, 3.63) is 24.3 Å². The molecule has 0 aromatic heterocycles. The lowest BCUT2D eigenvalue weighted by Gasteiger charge is -2.38. The van der Waals surface area contributed by atoms with E-state index in [2.05, 4.69) is 5.32 Å². The van der Waals surface area contributed by atoms with E-state index in [0.29, 0.717) is 24.7 Å². The molecule has 0 spiro atoms. The molecular formula is C12H16N2O3. The van der Waals surface area contributed by atoms with E-state index >= 15 is 0 Å². The zero-order valence-corrected chi connectivity index (χ0v) is 9.73. The highest BCUT2D eigenvalue weighted by Crippen LogP contribution is 2.30. The number of methoxy groups -OCH3 is 1. The van der Waals surface area contributed by atoms with Gasteiger partial charge in [-0.1, -0.05) is 12.1 Å². The van der Waals surface area contributed by atoms with Crippen LogP contribution in [0.15, 0.2) is 24.3 Å². The summed E-state index contributed by atoms with van der Waals surface area (Å²) in [6.45, 7) is 1.04. The van der Waals surface area contributed by atoms with E-state index in [1.165, 1.54) is 0 Å². The SMILES string of the molecule is COc1ccccc1NC(=O)C1(CN)COC1. The molecule has 1 aliphatic heterocycles. The number of ether oxygens (including phenoxy) is 2. The van der Waals surface area contributed by atoms with E-state index in [0.717, 1.165) is 0 Å². The summed E-state index contributed by atoms with van der Waals surface area (Å²) in [6, 6.07) is 7.27. The standard InChI is InChI=1S/C12H16N2O3/c1-16-10-5-3-2-4-9(10)14-11(15)12(6-13)7-17-8-12/h2-5H,6-8,13H2,1H3,(H,14,15). The van der Waals surface area contributed by atoms with Gasteiger partial charge in [0.05, 0.1) is 26.0 Å². The quantitative estimate of drug-likeness (QED) is 0.803. The first-order valence-corrected chi connectivity index (χ1v) is 5.44. The first kappa shape index (κ1) is 11.9. The Morgan fingerprint density at radius 3 is 2.76 bits per heavy atom. The van der Waals surface area contributed by atoms with Crippen molar-refractivity contribution in [1.29, 1.82) is 0 Å². The van der Waals surface area contributed by atoms with E-state index in [-0.39, 0.29) is 12.5 Å². The molecule has 0 aliphatic carbocycles. The Kier molecular flexibility index (Phi) is 3.31. The summed E-state index contributed by atoms with van der Waals surface area (Å²) in [5.41, 5.74) is 5.69. The second kappa shape index (κ2) is 4.73. The molecule has 0 bridgehead atoms. The number of nitrogens with two attached hydrogens (primary N) is 1. The second-order valence-corrected chi connectivity index (χ2v) is 4.13. The average Bonchev–Trinajstić information content (AvgIpc) is 2.29. The van der Waals surface area contributed by atoms with E-state index < -0.39 is 5.41 Å². The van der Waals surface area contributed by atoms with E-state index in [4.69, 9.17) is 15.2 Å². The maximum atomic E-state index is 12.1. The minimum atomic E-state index is -0.582. The van der Waals surface area contributed by atoms with Crippen LogP contribution in [0.2, 0.25) is 0 Å². The number of carbonyl (C=O) groups excluding carboxylic acids is 1. The summed E-state index contributed by atoms with van der Waals surface area (Å²) < 4.78 is 10.2. The third-order valence-corrected chi connectivity index (χ3v) is 2.98. The lowest BCUT2D eigenvalue weighted by molar-refractivity contribution is -0.153. The summed E-state index contributed by atoms with van der Waals surface area (Å²) in [4.78, 5) is 12.1. The van der Waals surface area contributed by atoms with Crippen LogP contribution in [-0.4, -0.2) is 32.8 Å². The monoisotopic (exact) mass is 236 g/mol. The number of para-hydroxylation sites is 2. The number of hydrogen-bond acceptors (Lipinski definition) is 4. The molecule has 3 N–H and O–H groups in total. The lowest BCUT2D eigenvalue weighted by Crippen LogP contribution is -2.56. The number of rotatable bonds is 4. The van der Waals surface area contributed by atoms with Crippen LogP contribution in [0.3, 0.4) is 0 Å². The molecule has 0 unspecified atom stereocenters. The van der Waals surface area contributed by atoms with E-state index in [1.54, 1.807) is 19.2 Å². The van der Waals surface area contributed by atoms with Crippen molar-refractivity contribution < 1.29 is 14.3 Å². The fourth-order valence-corrected chi connectivity index (χ4v) is 1.69. The lowest BCUT2D eigenvalue weighted by atomic mass is 9.85. The number of benzene rings is 1. The van der Waals surface area contributed by atoms with Gasteiger partial charge in [0.2, 0.25) is 5.91 Å². The smallest absolute Gasteiger partial charge is 0.236 e. The normalized spacial score (nSPS) is 17.1. The van der Waals surface area contributed by atoms with Crippen molar-refractivity contribution in [1.82, 2.24) is 0 Å². The average molecular weight is 236 g/mol. The minimum absolute atomic E-state index is 0.115. The van der Waals surface area contributed by atoms with Gasteiger partial charge in [-0.15, -0.1) is 0 Å². The van der Waals surface area contributed by atoms with Crippen molar-refractivity contribution in [2.75, 3.05) is 32.2 Å². The molecular weight excluding hydrogens is 220 g/mol. The van der Waals surface area contributed by atoms with Crippen molar-refractivity contribution >= 4 is 11.6 Å². The third kappa shape index (κ3) is 2.11. The molecule has 5 nitrogen and oxygen atoms in total. The number of nitrogens with one attached hydrogen (secondary N) is 1. The molecule has 0 radical (unpaired) electrons. The van der Waals surface area contributed by atoms with Gasteiger partial charge in [0.1, 0.15) is 11.2 Å². The summed E-state index contributed by atoms with van der Waals surface area (Å²) in [5.74, 6) is 0.518. The first-order valence-electron chi connectivity index (χ1n) is 5.44. The van der Waals surface area contributed by atoms with E-state index in [1.807, 2.05) is 12.1 Å². The highest BCUT2D eigenvalue weighted by atomic mass is 16.5. The zero-order valence-electron chi connectivity index (χ0n) is 9.73. The van der Waals surface area contributed by atoms with Gasteiger partial charge < -0.3 is 20.5 Å². The Labute approximate surface area is 99.9 Å². The molecule has 1 aliphatic rings. The topological polar surface area (TPSA) is 73.6 Å². The fraction of sp³-hybridized carbons (Fsp3) is 0.417. The predicted molar refractivity (Wildman–Crippen MR) is 63.9 cm³/mol. The van der Waals surface area contributed by atoms with Gasteiger partial charge in [-0.25, -0.2) is 0 Å². The molecule has 1 aromatic rings. The van der Waals surface area contributed by atoms with E-state index in [9.17, 15) is 4.79 Å². The Morgan fingerprint density at radius 1 is 1.53 bits per heavy atom. The molecule has 17 heavy (non-hydrogen) atoms. The van der Waals surface area contributed by atoms with Crippen LogP contribution < -0.4 is 15.8 Å². The van der Waals surface area contributed by atoms with Gasteiger partial charge in [-0.2, -0.15) is 0 Å². The molecule has 5 heteroatoms.